The molecule has 7 heteroatoms. The first kappa shape index (κ1) is 18.4. The van der Waals surface area contributed by atoms with Gasteiger partial charge in [0.25, 0.3) is 5.91 Å². The summed E-state index contributed by atoms with van der Waals surface area (Å²) in [6.07, 6.45) is 0.701. The second-order valence-electron chi connectivity index (χ2n) is 4.50. The number of benzene rings is 1. The van der Waals surface area contributed by atoms with E-state index >= 15 is 0 Å². The number of rotatable bonds is 6. The third-order valence-corrected chi connectivity index (χ3v) is 6.37. The number of carboxylic acid groups (broad SMARTS) is 1. The van der Waals surface area contributed by atoms with Gasteiger partial charge in [-0.1, -0.05) is 6.92 Å². The van der Waals surface area contributed by atoms with Crippen molar-refractivity contribution in [2.24, 2.45) is 5.92 Å². The zero-order chi connectivity index (χ0) is 15.3. The normalized spacial score (nSPS) is 12.0. The van der Waals surface area contributed by atoms with Crippen molar-refractivity contribution < 1.29 is 14.7 Å². The Morgan fingerprint density at radius 2 is 1.95 bits per heavy atom. The minimum absolute atomic E-state index is 0.104. The van der Waals surface area contributed by atoms with E-state index < -0.39 is 5.97 Å². The van der Waals surface area contributed by atoms with E-state index in [1.165, 1.54) is 0 Å². The van der Waals surface area contributed by atoms with Crippen LogP contribution in [-0.2, 0) is 4.79 Å². The van der Waals surface area contributed by atoms with E-state index in [9.17, 15) is 9.59 Å². The maximum Gasteiger partial charge on any atom is 0.303 e. The molecule has 110 valence electrons. The number of carboxylic acids is 1. The summed E-state index contributed by atoms with van der Waals surface area (Å²) in [7, 11) is 0. The van der Waals surface area contributed by atoms with E-state index in [4.69, 9.17) is 5.11 Å². The molecule has 1 amide bonds. The van der Waals surface area contributed by atoms with Crippen LogP contribution >= 0.6 is 67.8 Å². The van der Waals surface area contributed by atoms with E-state index in [1.54, 1.807) is 0 Å². The van der Waals surface area contributed by atoms with Crippen molar-refractivity contribution in [3.63, 3.8) is 0 Å². The highest BCUT2D eigenvalue weighted by atomic mass is 127. The molecule has 0 aliphatic heterocycles. The minimum atomic E-state index is -0.801. The van der Waals surface area contributed by atoms with Crippen molar-refractivity contribution in [1.82, 2.24) is 5.32 Å². The molecule has 1 rings (SSSR count). The standard InChI is InChI=1S/C13H14I3NO3/c1-7(2-3-11(18)19)6-17-13(20)9-4-8(14)5-10(15)12(9)16/h4-5,7H,2-3,6H2,1H3,(H,17,20)(H,18,19). The molecule has 1 unspecified atom stereocenters. The van der Waals surface area contributed by atoms with Crippen molar-refractivity contribution in [1.29, 1.82) is 0 Å². The fraction of sp³-hybridized carbons (Fsp3) is 0.385. The maximum absolute atomic E-state index is 12.2. The van der Waals surface area contributed by atoms with Gasteiger partial charge in [0.2, 0.25) is 0 Å². The molecular weight excluding hydrogens is 599 g/mol. The van der Waals surface area contributed by atoms with Crippen LogP contribution in [-0.4, -0.2) is 23.5 Å². The zero-order valence-corrected chi connectivity index (χ0v) is 17.2. The Morgan fingerprint density at radius 3 is 2.55 bits per heavy atom. The second-order valence-corrected chi connectivity index (χ2v) is 7.98. The molecule has 0 heterocycles. The predicted octanol–water partition coefficient (Wildman–Crippen LogP) is 3.73. The van der Waals surface area contributed by atoms with Gasteiger partial charge in [-0.3, -0.25) is 9.59 Å². The average molecular weight is 613 g/mol. The van der Waals surface area contributed by atoms with E-state index in [2.05, 4.69) is 73.1 Å². The Labute approximate surface area is 158 Å². The Hall–Kier alpha value is 0.350. The highest BCUT2D eigenvalue weighted by Crippen LogP contribution is 2.22. The van der Waals surface area contributed by atoms with E-state index in [0.29, 0.717) is 18.5 Å². The lowest BCUT2D eigenvalue weighted by Crippen LogP contribution is -2.29. The molecule has 0 aromatic heterocycles. The lowest BCUT2D eigenvalue weighted by atomic mass is 10.1. The van der Waals surface area contributed by atoms with Crippen molar-refractivity contribution in [3.8, 4) is 0 Å². The fourth-order valence-electron chi connectivity index (χ4n) is 1.56. The van der Waals surface area contributed by atoms with Gasteiger partial charge in [-0.15, -0.1) is 0 Å². The lowest BCUT2D eigenvalue weighted by molar-refractivity contribution is -0.137. The Kier molecular flexibility index (Phi) is 8.01. The topological polar surface area (TPSA) is 66.4 Å². The summed E-state index contributed by atoms with van der Waals surface area (Å²) in [6, 6.07) is 3.89. The number of nitrogens with one attached hydrogen (secondary N) is 1. The van der Waals surface area contributed by atoms with Gasteiger partial charge in [0, 0.05) is 23.7 Å². The van der Waals surface area contributed by atoms with E-state index in [-0.39, 0.29) is 18.2 Å². The Bertz CT molecular complexity index is 520. The molecule has 0 spiro atoms. The molecule has 20 heavy (non-hydrogen) atoms. The smallest absolute Gasteiger partial charge is 0.303 e. The largest absolute Gasteiger partial charge is 0.481 e. The van der Waals surface area contributed by atoms with Gasteiger partial charge < -0.3 is 10.4 Å². The van der Waals surface area contributed by atoms with Crippen LogP contribution in [0.4, 0.5) is 0 Å². The quantitative estimate of drug-likeness (QED) is 0.380. The first-order valence-electron chi connectivity index (χ1n) is 5.95. The fourth-order valence-corrected chi connectivity index (χ4v) is 3.96. The van der Waals surface area contributed by atoms with Gasteiger partial charge in [0.1, 0.15) is 0 Å². The van der Waals surface area contributed by atoms with Crippen molar-refractivity contribution >= 4 is 79.6 Å². The summed E-state index contributed by atoms with van der Waals surface area (Å²) in [6.45, 7) is 2.43. The third kappa shape index (κ3) is 6.00. The van der Waals surface area contributed by atoms with Gasteiger partial charge in [-0.25, -0.2) is 0 Å². The molecule has 4 nitrogen and oxygen atoms in total. The predicted molar refractivity (Wildman–Crippen MR) is 103 cm³/mol. The number of hydrogen-bond donors (Lipinski definition) is 2. The van der Waals surface area contributed by atoms with Gasteiger partial charge in [0.15, 0.2) is 0 Å². The van der Waals surface area contributed by atoms with Crippen molar-refractivity contribution in [2.45, 2.75) is 19.8 Å². The zero-order valence-electron chi connectivity index (χ0n) is 10.8. The molecule has 0 radical (unpaired) electrons. The molecule has 1 aromatic rings. The highest BCUT2D eigenvalue weighted by Gasteiger charge is 2.14. The molecule has 1 atom stereocenters. The maximum atomic E-state index is 12.2. The van der Waals surface area contributed by atoms with Gasteiger partial charge >= 0.3 is 5.97 Å². The number of amides is 1. The summed E-state index contributed by atoms with van der Waals surface area (Å²) in [5.74, 6) is -0.757. The van der Waals surface area contributed by atoms with Crippen molar-refractivity contribution in [3.05, 3.63) is 28.4 Å². The lowest BCUT2D eigenvalue weighted by Gasteiger charge is -2.13. The Balaban J connectivity index is 2.61. The van der Waals surface area contributed by atoms with E-state index in [1.807, 2.05) is 19.1 Å². The average Bonchev–Trinajstić information content (AvgIpc) is 2.37. The first-order chi connectivity index (χ1) is 9.31. The van der Waals surface area contributed by atoms with Crippen LogP contribution in [0.15, 0.2) is 12.1 Å². The van der Waals surface area contributed by atoms with Gasteiger partial charge in [-0.2, -0.15) is 0 Å². The van der Waals surface area contributed by atoms with Crippen molar-refractivity contribution in [2.75, 3.05) is 6.54 Å². The molecule has 0 aliphatic rings. The van der Waals surface area contributed by atoms with Crippen LogP contribution in [0.25, 0.3) is 0 Å². The number of halogens is 3. The van der Waals surface area contributed by atoms with Crippen LogP contribution < -0.4 is 5.32 Å². The number of hydrogen-bond acceptors (Lipinski definition) is 2. The number of carbonyl (C=O) groups is 2. The molecular formula is C13H14I3NO3. The summed E-state index contributed by atoms with van der Waals surface area (Å²) in [4.78, 5) is 22.7. The summed E-state index contributed by atoms with van der Waals surface area (Å²) < 4.78 is 3.02. The SMILES string of the molecule is CC(CCC(=O)O)CNC(=O)c1cc(I)cc(I)c1I. The summed E-state index contributed by atoms with van der Waals surface area (Å²) in [5, 5.41) is 11.5. The molecule has 0 saturated carbocycles. The molecule has 0 fully saturated rings. The van der Waals surface area contributed by atoms with Gasteiger partial charge in [0.05, 0.1) is 5.56 Å². The minimum Gasteiger partial charge on any atom is -0.481 e. The van der Waals surface area contributed by atoms with Crippen LogP contribution in [0.2, 0.25) is 0 Å². The van der Waals surface area contributed by atoms with Crippen LogP contribution in [0.1, 0.15) is 30.1 Å². The highest BCUT2D eigenvalue weighted by molar-refractivity contribution is 14.1. The molecule has 0 bridgehead atoms. The first-order valence-corrected chi connectivity index (χ1v) is 9.19. The second kappa shape index (κ2) is 8.71. The molecule has 2 N–H and O–H groups in total. The monoisotopic (exact) mass is 613 g/mol. The molecule has 1 aromatic carbocycles. The summed E-state index contributed by atoms with van der Waals surface area (Å²) in [5.41, 5.74) is 0.673. The third-order valence-electron chi connectivity index (χ3n) is 2.70. The number of carbonyl (C=O) groups excluding carboxylic acids is 1. The van der Waals surface area contributed by atoms with Crippen LogP contribution in [0.3, 0.4) is 0 Å². The molecule has 0 saturated heterocycles. The Morgan fingerprint density at radius 1 is 1.30 bits per heavy atom. The van der Waals surface area contributed by atoms with E-state index in [0.717, 1.165) is 10.7 Å². The van der Waals surface area contributed by atoms with Crippen LogP contribution in [0.5, 0.6) is 0 Å². The number of aliphatic carboxylic acids is 1. The van der Waals surface area contributed by atoms with Gasteiger partial charge in [-0.05, 0) is 92.2 Å². The summed E-state index contributed by atoms with van der Waals surface area (Å²) >= 11 is 6.57. The van der Waals surface area contributed by atoms with Crippen LogP contribution in [0, 0.1) is 16.6 Å². The molecule has 0 aliphatic carbocycles.